The van der Waals surface area contributed by atoms with E-state index in [1.165, 1.54) is 17.3 Å². The summed E-state index contributed by atoms with van der Waals surface area (Å²) in [5, 5.41) is 30.6. The number of pyridine rings is 1. The molecular weight excluding hydrogens is 539 g/mol. The Bertz CT molecular complexity index is 1530. The highest BCUT2D eigenvalue weighted by Crippen LogP contribution is 2.48. The number of rotatable bonds is 7. The number of nitrogens with zero attached hydrogens (tertiary/aromatic N) is 6. The Morgan fingerprint density at radius 3 is 2.50 bits per heavy atom. The number of fused-ring (bicyclic) bond motifs is 4. The molecule has 2 bridgehead atoms. The summed E-state index contributed by atoms with van der Waals surface area (Å²) >= 11 is 0. The van der Waals surface area contributed by atoms with Gasteiger partial charge < -0.3 is 25.5 Å². The number of aromatic nitrogens is 3. The largest absolute Gasteiger partial charge is 0.390 e. The minimum atomic E-state index is -1.84. The first kappa shape index (κ1) is 28.1. The maximum absolute atomic E-state index is 14.9. The van der Waals surface area contributed by atoms with Crippen molar-refractivity contribution in [3.8, 4) is 17.5 Å². The van der Waals surface area contributed by atoms with Gasteiger partial charge in [0.2, 0.25) is 0 Å². The van der Waals surface area contributed by atoms with Crippen LogP contribution in [-0.2, 0) is 4.79 Å². The zero-order chi connectivity index (χ0) is 29.5. The maximum Gasteiger partial charge on any atom is 0.259 e. The lowest BCUT2D eigenvalue weighted by Crippen LogP contribution is -2.54. The van der Waals surface area contributed by atoms with E-state index in [1.807, 2.05) is 19.2 Å². The van der Waals surface area contributed by atoms with Crippen molar-refractivity contribution in [2.24, 2.45) is 0 Å². The average molecular weight is 575 g/mol. The van der Waals surface area contributed by atoms with Gasteiger partial charge in [0.05, 0.1) is 52.1 Å². The molecule has 0 aromatic carbocycles. The fraction of sp³-hybridized carbons (Fsp3) is 0.500. The minimum absolute atomic E-state index is 0.249. The molecule has 11 nitrogen and oxygen atoms in total. The lowest BCUT2D eigenvalue weighted by molar-refractivity contribution is -0.137. The number of hydrogen-bond donors (Lipinski definition) is 3. The molecule has 7 rings (SSSR count). The Balaban J connectivity index is 1.25. The number of carbonyl (C=O) groups excluding carboxylic acids is 2. The molecule has 0 radical (unpaired) electrons. The molecule has 0 unspecified atom stereocenters. The Hall–Kier alpha value is -4.08. The third-order valence-electron chi connectivity index (χ3n) is 9.17. The molecule has 4 fully saturated rings. The van der Waals surface area contributed by atoms with E-state index >= 15 is 0 Å². The second-order valence-electron chi connectivity index (χ2n) is 12.0. The van der Waals surface area contributed by atoms with Crippen LogP contribution in [0.3, 0.4) is 0 Å². The first-order valence-electron chi connectivity index (χ1n) is 14.5. The molecule has 220 valence electrons. The molecule has 42 heavy (non-hydrogen) atoms. The number of hydrogen-bond acceptors (Lipinski definition) is 8. The van der Waals surface area contributed by atoms with E-state index < -0.39 is 30.1 Å². The van der Waals surface area contributed by atoms with Gasteiger partial charge >= 0.3 is 0 Å². The molecule has 4 aliphatic rings. The van der Waals surface area contributed by atoms with Gasteiger partial charge in [0, 0.05) is 37.9 Å². The van der Waals surface area contributed by atoms with E-state index in [0.29, 0.717) is 68.1 Å². The van der Waals surface area contributed by atoms with Crippen molar-refractivity contribution in [3.05, 3.63) is 47.8 Å². The second kappa shape index (κ2) is 11.0. The van der Waals surface area contributed by atoms with Crippen LogP contribution < -0.4 is 10.6 Å². The number of nitriles is 1. The zero-order valence-corrected chi connectivity index (χ0v) is 23.6. The fourth-order valence-corrected chi connectivity index (χ4v) is 6.36. The number of anilines is 1. The zero-order valence-electron chi connectivity index (χ0n) is 23.6. The Kier molecular flexibility index (Phi) is 7.32. The van der Waals surface area contributed by atoms with Crippen LogP contribution in [0.5, 0.6) is 0 Å². The van der Waals surface area contributed by atoms with Crippen LogP contribution in [0.1, 0.15) is 54.4 Å². The van der Waals surface area contributed by atoms with Crippen LogP contribution in [0, 0.1) is 11.3 Å². The standard InChI is InChI=1S/C30H35FN8O3/c1-37-10-12-38(13-11-37)28(41)23(31)19-34-27(40)22-18-33-25(26-3-2-21-14-20(16-32)17-35-39(21)26)15-24(22)36-29-4-7-30(42,8-5-29)9-6-29/h2-3,14-15,17-18,23,42H,4-13,19H2,1H3,(H,33,36)(H,34,40)/t23-,29?,30?/m1/s1. The molecule has 1 saturated heterocycles. The van der Waals surface area contributed by atoms with Gasteiger partial charge in [-0.15, -0.1) is 0 Å². The van der Waals surface area contributed by atoms with Crippen molar-refractivity contribution in [2.45, 2.75) is 55.8 Å². The number of carbonyl (C=O) groups is 2. The van der Waals surface area contributed by atoms with Gasteiger partial charge in [-0.2, -0.15) is 10.4 Å². The molecular formula is C30H35FN8O3. The highest BCUT2D eigenvalue weighted by molar-refractivity contribution is 6.00. The number of piperazine rings is 1. The van der Waals surface area contributed by atoms with Crippen molar-refractivity contribution < 1.29 is 19.1 Å². The number of amides is 2. The van der Waals surface area contributed by atoms with Crippen LogP contribution in [0.15, 0.2) is 36.7 Å². The van der Waals surface area contributed by atoms with E-state index in [2.05, 4.69) is 31.7 Å². The van der Waals surface area contributed by atoms with E-state index in [4.69, 9.17) is 0 Å². The van der Waals surface area contributed by atoms with Crippen molar-refractivity contribution in [1.29, 1.82) is 5.26 Å². The lowest BCUT2D eigenvalue weighted by Gasteiger charge is -2.51. The van der Waals surface area contributed by atoms with E-state index in [9.17, 15) is 24.3 Å². The quantitative estimate of drug-likeness (QED) is 0.391. The van der Waals surface area contributed by atoms with E-state index in [-0.39, 0.29) is 11.1 Å². The fourth-order valence-electron chi connectivity index (χ4n) is 6.36. The second-order valence-corrected chi connectivity index (χ2v) is 12.0. The summed E-state index contributed by atoms with van der Waals surface area (Å²) < 4.78 is 16.6. The number of nitrogens with one attached hydrogen (secondary N) is 2. The van der Waals surface area contributed by atoms with Crippen LogP contribution in [-0.4, -0.2) is 98.4 Å². The molecule has 0 spiro atoms. The monoisotopic (exact) mass is 574 g/mol. The Morgan fingerprint density at radius 2 is 1.81 bits per heavy atom. The molecule has 2 amide bonds. The molecule has 1 atom stereocenters. The predicted molar refractivity (Wildman–Crippen MR) is 153 cm³/mol. The van der Waals surface area contributed by atoms with Gasteiger partial charge in [0.25, 0.3) is 11.8 Å². The summed E-state index contributed by atoms with van der Waals surface area (Å²) in [6.07, 6.45) is 5.46. The van der Waals surface area contributed by atoms with Gasteiger partial charge in [-0.05, 0) is 69.8 Å². The summed E-state index contributed by atoms with van der Waals surface area (Å²) in [6.45, 7) is 1.85. The molecule has 1 aliphatic heterocycles. The molecule has 4 heterocycles. The molecule has 3 aliphatic carbocycles. The van der Waals surface area contributed by atoms with Gasteiger partial charge in [0.15, 0.2) is 6.17 Å². The van der Waals surface area contributed by atoms with E-state index in [0.717, 1.165) is 24.8 Å². The SMILES string of the molecule is CN1CCN(C(=O)[C@H](F)CNC(=O)c2cnc(-c3ccc4cc(C#N)cnn34)cc2NC23CCC(O)(CC2)CC3)CC1. The van der Waals surface area contributed by atoms with Gasteiger partial charge in [-0.3, -0.25) is 14.6 Å². The van der Waals surface area contributed by atoms with Gasteiger partial charge in [-0.25, -0.2) is 8.91 Å². The van der Waals surface area contributed by atoms with Crippen molar-refractivity contribution >= 4 is 23.0 Å². The van der Waals surface area contributed by atoms with Crippen LogP contribution >= 0.6 is 0 Å². The van der Waals surface area contributed by atoms with E-state index in [1.54, 1.807) is 16.6 Å². The van der Waals surface area contributed by atoms with Crippen LogP contribution in [0.2, 0.25) is 0 Å². The summed E-state index contributed by atoms with van der Waals surface area (Å²) in [5.41, 5.74) is 2.34. The van der Waals surface area contributed by atoms with Crippen molar-refractivity contribution in [3.63, 3.8) is 0 Å². The molecule has 12 heteroatoms. The number of likely N-dealkylation sites (N-methyl/N-ethyl adjacent to an activating group) is 1. The predicted octanol–water partition coefficient (Wildman–Crippen LogP) is 2.36. The highest BCUT2D eigenvalue weighted by Gasteiger charge is 2.48. The van der Waals surface area contributed by atoms with Crippen LogP contribution in [0.4, 0.5) is 10.1 Å². The molecule has 3 aromatic heterocycles. The van der Waals surface area contributed by atoms with Crippen molar-refractivity contribution in [1.82, 2.24) is 29.7 Å². The number of halogens is 1. The molecule has 3 N–H and O–H groups in total. The highest BCUT2D eigenvalue weighted by atomic mass is 19.1. The summed E-state index contributed by atoms with van der Waals surface area (Å²) in [7, 11) is 1.96. The van der Waals surface area contributed by atoms with Crippen LogP contribution in [0.25, 0.3) is 16.9 Å². The molecule has 3 saturated carbocycles. The minimum Gasteiger partial charge on any atom is -0.390 e. The first-order valence-corrected chi connectivity index (χ1v) is 14.5. The summed E-state index contributed by atoms with van der Waals surface area (Å²) in [6, 6.07) is 9.32. The Morgan fingerprint density at radius 1 is 1.10 bits per heavy atom. The average Bonchev–Trinajstić information content (AvgIpc) is 3.44. The third kappa shape index (κ3) is 5.42. The normalized spacial score (nSPS) is 24.8. The lowest BCUT2D eigenvalue weighted by atomic mass is 9.63. The summed E-state index contributed by atoms with van der Waals surface area (Å²) in [5.74, 6) is -1.14. The van der Waals surface area contributed by atoms with Gasteiger partial charge in [0.1, 0.15) is 6.07 Å². The molecule has 3 aromatic rings. The smallest absolute Gasteiger partial charge is 0.259 e. The summed E-state index contributed by atoms with van der Waals surface area (Å²) in [4.78, 5) is 34.2. The third-order valence-corrected chi connectivity index (χ3v) is 9.17. The Labute approximate surface area is 243 Å². The first-order chi connectivity index (χ1) is 20.2. The topological polar surface area (TPSA) is 139 Å². The number of alkyl halides is 1. The van der Waals surface area contributed by atoms with Gasteiger partial charge in [-0.1, -0.05) is 0 Å². The maximum atomic E-state index is 14.9. The van der Waals surface area contributed by atoms with Crippen molar-refractivity contribution in [2.75, 3.05) is 45.1 Å². The number of aliphatic hydroxyl groups is 1.